The van der Waals surface area contributed by atoms with E-state index in [9.17, 15) is 0 Å². The number of nitrogens with zero attached hydrogens (tertiary/aromatic N) is 2. The molecule has 1 fully saturated rings. The highest BCUT2D eigenvalue weighted by atomic mass is 32.1. The van der Waals surface area contributed by atoms with Gasteiger partial charge in [-0.05, 0) is 25.0 Å². The Hall–Kier alpha value is -1.72. The van der Waals surface area contributed by atoms with Crippen LogP contribution in [0.1, 0.15) is 17.8 Å². The lowest BCUT2D eigenvalue weighted by Crippen LogP contribution is -2.14. The first-order chi connectivity index (χ1) is 9.38. The van der Waals surface area contributed by atoms with E-state index in [1.807, 2.05) is 30.3 Å². The molecular formula is C14H13N3OS. The highest BCUT2D eigenvalue weighted by molar-refractivity contribution is 7.14. The van der Waals surface area contributed by atoms with E-state index in [1.165, 1.54) is 12.8 Å². The van der Waals surface area contributed by atoms with Crippen LogP contribution in [-0.4, -0.2) is 16.2 Å². The fourth-order valence-electron chi connectivity index (χ4n) is 2.03. The second-order valence-electron chi connectivity index (χ2n) is 4.80. The molecule has 2 aromatic heterocycles. The van der Waals surface area contributed by atoms with Crippen molar-refractivity contribution in [2.75, 3.05) is 0 Å². The van der Waals surface area contributed by atoms with Gasteiger partial charge in [-0.1, -0.05) is 29.5 Å². The molecule has 0 amide bonds. The van der Waals surface area contributed by atoms with E-state index in [0.29, 0.717) is 6.04 Å². The van der Waals surface area contributed by atoms with E-state index in [4.69, 9.17) is 4.42 Å². The molecule has 0 unspecified atom stereocenters. The van der Waals surface area contributed by atoms with Gasteiger partial charge in [0.1, 0.15) is 10.6 Å². The normalized spacial score (nSPS) is 15.2. The largest absolute Gasteiger partial charge is 0.453 e. The molecule has 1 aliphatic carbocycles. The SMILES string of the molecule is c1ccc2oc(-c3nnc(CNC4CC4)s3)cc2c1. The molecule has 1 N–H and O–H groups in total. The lowest BCUT2D eigenvalue weighted by atomic mass is 10.2. The maximum Gasteiger partial charge on any atom is 0.183 e. The minimum Gasteiger partial charge on any atom is -0.453 e. The summed E-state index contributed by atoms with van der Waals surface area (Å²) in [5, 5.41) is 14.8. The summed E-state index contributed by atoms with van der Waals surface area (Å²) < 4.78 is 5.79. The lowest BCUT2D eigenvalue weighted by Gasteiger charge is -1.95. The average molecular weight is 271 g/mol. The third-order valence-electron chi connectivity index (χ3n) is 3.22. The number of benzene rings is 1. The molecule has 96 valence electrons. The van der Waals surface area contributed by atoms with Crippen molar-refractivity contribution >= 4 is 22.3 Å². The second kappa shape index (κ2) is 4.43. The van der Waals surface area contributed by atoms with Crippen LogP contribution >= 0.6 is 11.3 Å². The van der Waals surface area contributed by atoms with Crippen LogP contribution in [-0.2, 0) is 6.54 Å². The summed E-state index contributed by atoms with van der Waals surface area (Å²) >= 11 is 1.59. The number of nitrogens with one attached hydrogen (secondary N) is 1. The summed E-state index contributed by atoms with van der Waals surface area (Å²) in [6.07, 6.45) is 2.57. The number of fused-ring (bicyclic) bond motifs is 1. The summed E-state index contributed by atoms with van der Waals surface area (Å²) in [6, 6.07) is 10.7. The molecule has 0 bridgehead atoms. The Bertz CT molecular complexity index is 681. The first-order valence-corrected chi connectivity index (χ1v) is 7.25. The molecule has 0 atom stereocenters. The van der Waals surface area contributed by atoms with E-state index >= 15 is 0 Å². The standard InChI is InChI=1S/C14H13N3OS/c1-2-4-11-9(3-1)7-12(18-11)14-17-16-13(19-14)8-15-10-5-6-10/h1-4,7,10,15H,5-6,8H2. The van der Waals surface area contributed by atoms with Crippen molar-refractivity contribution in [1.82, 2.24) is 15.5 Å². The van der Waals surface area contributed by atoms with Gasteiger partial charge in [-0.3, -0.25) is 0 Å². The topological polar surface area (TPSA) is 51.0 Å². The monoisotopic (exact) mass is 271 g/mol. The number of aromatic nitrogens is 2. The smallest absolute Gasteiger partial charge is 0.183 e. The van der Waals surface area contributed by atoms with Gasteiger partial charge in [0.15, 0.2) is 10.8 Å². The number of furan rings is 1. The van der Waals surface area contributed by atoms with Gasteiger partial charge in [-0.2, -0.15) is 0 Å². The Morgan fingerprint density at radius 1 is 1.26 bits per heavy atom. The molecule has 2 heterocycles. The van der Waals surface area contributed by atoms with Gasteiger partial charge >= 0.3 is 0 Å². The molecule has 0 saturated heterocycles. The number of para-hydroxylation sites is 1. The molecule has 3 aromatic rings. The molecule has 0 radical (unpaired) electrons. The van der Waals surface area contributed by atoms with E-state index in [2.05, 4.69) is 15.5 Å². The Balaban J connectivity index is 1.60. The van der Waals surface area contributed by atoms with Gasteiger partial charge in [0.2, 0.25) is 0 Å². The van der Waals surface area contributed by atoms with Crippen LogP contribution in [0.2, 0.25) is 0 Å². The Morgan fingerprint density at radius 3 is 3.00 bits per heavy atom. The van der Waals surface area contributed by atoms with Crippen molar-refractivity contribution in [3.63, 3.8) is 0 Å². The molecule has 0 aliphatic heterocycles. The maximum atomic E-state index is 5.79. The molecule has 1 aromatic carbocycles. The molecule has 0 spiro atoms. The zero-order valence-electron chi connectivity index (χ0n) is 10.3. The third-order valence-corrected chi connectivity index (χ3v) is 4.16. The van der Waals surface area contributed by atoms with E-state index in [0.717, 1.165) is 33.3 Å². The van der Waals surface area contributed by atoms with Gasteiger partial charge in [0, 0.05) is 18.0 Å². The first kappa shape index (κ1) is 11.1. The fraction of sp³-hybridized carbons (Fsp3) is 0.286. The van der Waals surface area contributed by atoms with Gasteiger partial charge < -0.3 is 9.73 Å². The van der Waals surface area contributed by atoms with Crippen LogP contribution in [0.5, 0.6) is 0 Å². The summed E-state index contributed by atoms with van der Waals surface area (Å²) in [4.78, 5) is 0. The molecule has 19 heavy (non-hydrogen) atoms. The average Bonchev–Trinajstić information content (AvgIpc) is 2.99. The number of hydrogen-bond donors (Lipinski definition) is 1. The van der Waals surface area contributed by atoms with Crippen LogP contribution in [0.25, 0.3) is 21.7 Å². The first-order valence-electron chi connectivity index (χ1n) is 6.43. The zero-order valence-corrected chi connectivity index (χ0v) is 11.1. The second-order valence-corrected chi connectivity index (χ2v) is 5.87. The molecule has 1 aliphatic rings. The number of rotatable bonds is 4. The van der Waals surface area contributed by atoms with Crippen molar-refractivity contribution in [2.24, 2.45) is 0 Å². The van der Waals surface area contributed by atoms with Gasteiger partial charge in [0.25, 0.3) is 0 Å². The summed E-state index contributed by atoms with van der Waals surface area (Å²) in [7, 11) is 0. The predicted octanol–water partition coefficient (Wildman–Crippen LogP) is 3.20. The molecule has 4 rings (SSSR count). The fourth-order valence-corrected chi connectivity index (χ4v) is 2.77. The number of hydrogen-bond acceptors (Lipinski definition) is 5. The molecule has 5 heteroatoms. The van der Waals surface area contributed by atoms with Crippen molar-refractivity contribution in [2.45, 2.75) is 25.4 Å². The van der Waals surface area contributed by atoms with Gasteiger partial charge in [-0.25, -0.2) is 0 Å². The lowest BCUT2D eigenvalue weighted by molar-refractivity contribution is 0.629. The van der Waals surface area contributed by atoms with Crippen LogP contribution in [0.4, 0.5) is 0 Å². The Kier molecular flexibility index (Phi) is 2.60. The van der Waals surface area contributed by atoms with E-state index in [-0.39, 0.29) is 0 Å². The minimum atomic E-state index is 0.693. The molecular weight excluding hydrogens is 258 g/mol. The third kappa shape index (κ3) is 2.27. The Morgan fingerprint density at radius 2 is 2.16 bits per heavy atom. The van der Waals surface area contributed by atoms with Crippen LogP contribution in [0.15, 0.2) is 34.7 Å². The van der Waals surface area contributed by atoms with Crippen molar-refractivity contribution < 1.29 is 4.42 Å². The summed E-state index contributed by atoms with van der Waals surface area (Å²) in [6.45, 7) is 0.808. The van der Waals surface area contributed by atoms with Crippen LogP contribution < -0.4 is 5.32 Å². The van der Waals surface area contributed by atoms with Crippen molar-refractivity contribution in [1.29, 1.82) is 0 Å². The zero-order chi connectivity index (χ0) is 12.7. The molecule has 1 saturated carbocycles. The van der Waals surface area contributed by atoms with E-state index in [1.54, 1.807) is 11.3 Å². The Labute approximate surface area is 114 Å². The molecule has 4 nitrogen and oxygen atoms in total. The van der Waals surface area contributed by atoms with Crippen molar-refractivity contribution in [3.8, 4) is 10.8 Å². The van der Waals surface area contributed by atoms with Gasteiger partial charge in [-0.15, -0.1) is 10.2 Å². The van der Waals surface area contributed by atoms with Crippen LogP contribution in [0, 0.1) is 0 Å². The highest BCUT2D eigenvalue weighted by Gasteiger charge is 2.21. The quantitative estimate of drug-likeness (QED) is 0.791. The summed E-state index contributed by atoms with van der Waals surface area (Å²) in [5.74, 6) is 0.802. The predicted molar refractivity (Wildman–Crippen MR) is 75.0 cm³/mol. The summed E-state index contributed by atoms with van der Waals surface area (Å²) in [5.41, 5.74) is 0.894. The van der Waals surface area contributed by atoms with Crippen molar-refractivity contribution in [3.05, 3.63) is 35.3 Å². The van der Waals surface area contributed by atoms with E-state index < -0.39 is 0 Å². The highest BCUT2D eigenvalue weighted by Crippen LogP contribution is 2.30. The van der Waals surface area contributed by atoms with Crippen LogP contribution in [0.3, 0.4) is 0 Å². The minimum absolute atomic E-state index is 0.693. The maximum absolute atomic E-state index is 5.79. The van der Waals surface area contributed by atoms with Gasteiger partial charge in [0.05, 0.1) is 0 Å².